The third kappa shape index (κ3) is 2.89. The predicted octanol–water partition coefficient (Wildman–Crippen LogP) is 3.91. The molecule has 3 heteroatoms. The van der Waals surface area contributed by atoms with Crippen LogP contribution >= 0.6 is 15.9 Å². The average Bonchev–Trinajstić information content (AvgIpc) is 2.48. The smallest absolute Gasteiger partial charge is 0.0511 e. The van der Waals surface area contributed by atoms with E-state index in [9.17, 15) is 0 Å². The van der Waals surface area contributed by atoms with Gasteiger partial charge in [-0.15, -0.1) is 0 Å². The van der Waals surface area contributed by atoms with Crippen LogP contribution in [0.25, 0.3) is 0 Å². The van der Waals surface area contributed by atoms with Gasteiger partial charge in [0.2, 0.25) is 0 Å². The van der Waals surface area contributed by atoms with E-state index in [2.05, 4.69) is 81.6 Å². The van der Waals surface area contributed by atoms with Crippen molar-refractivity contribution in [3.8, 4) is 0 Å². The SMILES string of the molecule is Cc1ccc(N2CCNC(c3ccccc3)C2)c(Br)c1. The van der Waals surface area contributed by atoms with E-state index < -0.39 is 0 Å². The molecule has 1 aliphatic rings. The van der Waals surface area contributed by atoms with Crippen molar-refractivity contribution in [3.63, 3.8) is 0 Å². The molecule has 1 atom stereocenters. The number of anilines is 1. The number of benzene rings is 2. The first kappa shape index (κ1) is 13.7. The minimum absolute atomic E-state index is 0.401. The molecule has 3 rings (SSSR count). The van der Waals surface area contributed by atoms with Crippen molar-refractivity contribution in [2.45, 2.75) is 13.0 Å². The molecule has 1 N–H and O–H groups in total. The number of nitrogens with one attached hydrogen (secondary N) is 1. The van der Waals surface area contributed by atoms with Gasteiger partial charge in [0.05, 0.1) is 5.69 Å². The highest BCUT2D eigenvalue weighted by atomic mass is 79.9. The summed E-state index contributed by atoms with van der Waals surface area (Å²) in [6.45, 7) is 5.19. The number of aryl methyl sites for hydroxylation is 1. The summed E-state index contributed by atoms with van der Waals surface area (Å²) >= 11 is 3.70. The molecule has 2 aromatic rings. The van der Waals surface area contributed by atoms with Crippen LogP contribution in [0.1, 0.15) is 17.2 Å². The van der Waals surface area contributed by atoms with Crippen molar-refractivity contribution in [2.75, 3.05) is 24.5 Å². The van der Waals surface area contributed by atoms with Crippen LogP contribution in [0.2, 0.25) is 0 Å². The zero-order valence-corrected chi connectivity index (χ0v) is 13.2. The van der Waals surface area contributed by atoms with Gasteiger partial charge in [-0.25, -0.2) is 0 Å². The van der Waals surface area contributed by atoms with E-state index >= 15 is 0 Å². The van der Waals surface area contributed by atoms with E-state index in [0.717, 1.165) is 19.6 Å². The zero-order valence-electron chi connectivity index (χ0n) is 11.6. The number of halogens is 1. The monoisotopic (exact) mass is 330 g/mol. The summed E-state index contributed by atoms with van der Waals surface area (Å²) in [5.41, 5.74) is 3.94. The minimum atomic E-state index is 0.401. The van der Waals surface area contributed by atoms with E-state index in [0.29, 0.717) is 6.04 Å². The molecule has 0 saturated carbocycles. The Labute approximate surface area is 128 Å². The summed E-state index contributed by atoms with van der Waals surface area (Å²) in [5, 5.41) is 3.61. The molecule has 0 bridgehead atoms. The number of rotatable bonds is 2. The van der Waals surface area contributed by atoms with E-state index in [1.54, 1.807) is 0 Å². The van der Waals surface area contributed by atoms with Gasteiger partial charge >= 0.3 is 0 Å². The lowest BCUT2D eigenvalue weighted by atomic mass is 10.0. The molecule has 2 nitrogen and oxygen atoms in total. The molecule has 1 heterocycles. The second kappa shape index (κ2) is 5.98. The summed E-state index contributed by atoms with van der Waals surface area (Å²) < 4.78 is 1.19. The number of hydrogen-bond acceptors (Lipinski definition) is 2. The molecule has 0 aromatic heterocycles. The normalized spacial score (nSPS) is 19.1. The summed E-state index contributed by atoms with van der Waals surface area (Å²) in [6.07, 6.45) is 0. The summed E-state index contributed by atoms with van der Waals surface area (Å²) in [7, 11) is 0. The molecular formula is C17H19BrN2. The first-order chi connectivity index (χ1) is 9.74. The Kier molecular flexibility index (Phi) is 4.08. The number of nitrogens with zero attached hydrogens (tertiary/aromatic N) is 1. The standard InChI is InChI=1S/C17H19BrN2/c1-13-7-8-17(15(18)11-13)20-10-9-19-16(12-20)14-5-3-2-4-6-14/h2-8,11,16,19H,9-10,12H2,1H3. The van der Waals surface area contributed by atoms with Gasteiger partial charge in [-0.05, 0) is 46.1 Å². The van der Waals surface area contributed by atoms with Crippen molar-refractivity contribution in [3.05, 3.63) is 64.1 Å². The van der Waals surface area contributed by atoms with E-state index in [1.807, 2.05) is 0 Å². The van der Waals surface area contributed by atoms with Crippen LogP contribution in [0.5, 0.6) is 0 Å². The van der Waals surface area contributed by atoms with Crippen LogP contribution in [-0.2, 0) is 0 Å². The van der Waals surface area contributed by atoms with Crippen LogP contribution < -0.4 is 10.2 Å². The van der Waals surface area contributed by atoms with Crippen LogP contribution in [0.4, 0.5) is 5.69 Å². The Morgan fingerprint density at radius 3 is 2.70 bits per heavy atom. The number of piperazine rings is 1. The zero-order chi connectivity index (χ0) is 13.9. The highest BCUT2D eigenvalue weighted by Crippen LogP contribution is 2.30. The molecule has 1 saturated heterocycles. The third-order valence-electron chi connectivity index (χ3n) is 3.82. The maximum Gasteiger partial charge on any atom is 0.0511 e. The van der Waals surface area contributed by atoms with Crippen LogP contribution in [0, 0.1) is 6.92 Å². The minimum Gasteiger partial charge on any atom is -0.367 e. The molecule has 0 aliphatic carbocycles. The highest BCUT2D eigenvalue weighted by Gasteiger charge is 2.21. The van der Waals surface area contributed by atoms with E-state index in [4.69, 9.17) is 0 Å². The fourth-order valence-corrected chi connectivity index (χ4v) is 3.49. The van der Waals surface area contributed by atoms with Gasteiger partial charge in [0, 0.05) is 30.1 Å². The Balaban J connectivity index is 1.81. The average molecular weight is 331 g/mol. The summed E-state index contributed by atoms with van der Waals surface area (Å²) in [5.74, 6) is 0. The van der Waals surface area contributed by atoms with E-state index in [-0.39, 0.29) is 0 Å². The van der Waals surface area contributed by atoms with Crippen molar-refractivity contribution in [1.82, 2.24) is 5.32 Å². The molecule has 1 fully saturated rings. The summed E-state index contributed by atoms with van der Waals surface area (Å²) in [6, 6.07) is 17.7. The van der Waals surface area contributed by atoms with Crippen LogP contribution in [0.3, 0.4) is 0 Å². The molecule has 104 valence electrons. The Bertz CT molecular complexity index is 583. The summed E-state index contributed by atoms with van der Waals surface area (Å²) in [4.78, 5) is 2.46. The maximum atomic E-state index is 3.70. The lowest BCUT2D eigenvalue weighted by Crippen LogP contribution is -2.46. The van der Waals surface area contributed by atoms with Gasteiger partial charge in [0.1, 0.15) is 0 Å². The molecule has 2 aromatic carbocycles. The van der Waals surface area contributed by atoms with Crippen molar-refractivity contribution >= 4 is 21.6 Å². The molecule has 20 heavy (non-hydrogen) atoms. The fraction of sp³-hybridized carbons (Fsp3) is 0.294. The Morgan fingerprint density at radius 1 is 1.15 bits per heavy atom. The lowest BCUT2D eigenvalue weighted by Gasteiger charge is -2.36. The van der Waals surface area contributed by atoms with Gasteiger partial charge in [-0.2, -0.15) is 0 Å². The molecular weight excluding hydrogens is 312 g/mol. The topological polar surface area (TPSA) is 15.3 Å². The Hall–Kier alpha value is -1.32. The molecule has 0 radical (unpaired) electrons. The molecule has 1 unspecified atom stereocenters. The van der Waals surface area contributed by atoms with Crippen molar-refractivity contribution < 1.29 is 0 Å². The predicted molar refractivity (Wildman–Crippen MR) is 88.3 cm³/mol. The first-order valence-electron chi connectivity index (χ1n) is 7.03. The van der Waals surface area contributed by atoms with Crippen LogP contribution in [-0.4, -0.2) is 19.6 Å². The van der Waals surface area contributed by atoms with Gasteiger partial charge in [0.15, 0.2) is 0 Å². The second-order valence-electron chi connectivity index (χ2n) is 5.32. The van der Waals surface area contributed by atoms with Gasteiger partial charge in [0.25, 0.3) is 0 Å². The van der Waals surface area contributed by atoms with Gasteiger partial charge in [-0.1, -0.05) is 36.4 Å². The second-order valence-corrected chi connectivity index (χ2v) is 6.17. The molecule has 1 aliphatic heterocycles. The van der Waals surface area contributed by atoms with E-state index in [1.165, 1.54) is 21.3 Å². The highest BCUT2D eigenvalue weighted by molar-refractivity contribution is 9.10. The van der Waals surface area contributed by atoms with Gasteiger partial charge < -0.3 is 10.2 Å². The quantitative estimate of drug-likeness (QED) is 0.898. The maximum absolute atomic E-state index is 3.70. The fourth-order valence-electron chi connectivity index (χ4n) is 2.75. The third-order valence-corrected chi connectivity index (χ3v) is 4.46. The molecule has 0 spiro atoms. The number of hydrogen-bond donors (Lipinski definition) is 1. The van der Waals surface area contributed by atoms with Crippen molar-refractivity contribution in [1.29, 1.82) is 0 Å². The molecule has 0 amide bonds. The first-order valence-corrected chi connectivity index (χ1v) is 7.83. The Morgan fingerprint density at radius 2 is 1.95 bits per heavy atom. The van der Waals surface area contributed by atoms with Gasteiger partial charge in [-0.3, -0.25) is 0 Å². The lowest BCUT2D eigenvalue weighted by molar-refractivity contribution is 0.471. The largest absolute Gasteiger partial charge is 0.367 e. The van der Waals surface area contributed by atoms with Crippen LogP contribution in [0.15, 0.2) is 53.0 Å². The van der Waals surface area contributed by atoms with Crippen molar-refractivity contribution in [2.24, 2.45) is 0 Å².